The maximum absolute atomic E-state index is 11.2. The fraction of sp³-hybridized carbons (Fsp3) is 0.0588. The Morgan fingerprint density at radius 1 is 0.536 bits per heavy atom. The van der Waals surface area contributed by atoms with Crippen molar-refractivity contribution in [3.05, 3.63) is 175 Å². The van der Waals surface area contributed by atoms with Gasteiger partial charge in [0.15, 0.2) is 49.6 Å². The lowest BCUT2D eigenvalue weighted by molar-refractivity contribution is -0.601. The molecule has 0 fully saturated rings. The van der Waals surface area contributed by atoms with Crippen LogP contribution in [0, 0.1) is 40.5 Å². The van der Waals surface area contributed by atoms with E-state index in [1.807, 2.05) is 48.5 Å². The van der Waals surface area contributed by atoms with Crippen molar-refractivity contribution >= 4 is 30.3 Å². The van der Waals surface area contributed by atoms with Gasteiger partial charge in [-0.05, 0) is 28.4 Å². The van der Waals surface area contributed by atoms with Gasteiger partial charge >= 0.3 is 11.4 Å². The van der Waals surface area contributed by atoms with Gasteiger partial charge in [0.1, 0.15) is 12.1 Å². The summed E-state index contributed by atoms with van der Waals surface area (Å²) in [6.07, 6.45) is 13.7. The number of hydrogen-bond acceptors (Lipinski definition) is 11. The van der Waals surface area contributed by atoms with E-state index in [-0.39, 0.29) is 69.7 Å². The van der Waals surface area contributed by atoms with E-state index in [9.17, 15) is 54.8 Å². The number of benzene rings is 2. The monoisotopic (exact) mass is 870 g/mol. The zero-order valence-corrected chi connectivity index (χ0v) is 32.0. The zero-order chi connectivity index (χ0) is 39.4. The number of pyridine rings is 4. The Bertz CT molecular complexity index is 2190. The van der Waals surface area contributed by atoms with E-state index >= 15 is 0 Å². The van der Waals surface area contributed by atoms with Crippen LogP contribution in [0.5, 0.6) is 0 Å². The molecule has 290 valence electrons. The third kappa shape index (κ3) is 12.6. The largest absolute Gasteiger partial charge is 1.00 e. The third-order valence-corrected chi connectivity index (χ3v) is 8.21. The lowest BCUT2D eigenvalue weighted by atomic mass is 10.1. The lowest BCUT2D eigenvalue weighted by Gasteiger charge is -2.26. The molecule has 2 aromatic carbocycles. The van der Waals surface area contributed by atoms with Gasteiger partial charge in [-0.25, -0.2) is 9.97 Å². The number of nitro groups is 4. The van der Waals surface area contributed by atoms with E-state index in [1.54, 1.807) is 58.7 Å². The van der Waals surface area contributed by atoms with Gasteiger partial charge in [0, 0.05) is 72.8 Å². The Morgan fingerprint density at radius 2 is 0.821 bits per heavy atom. The number of H-pyrrole nitrogens is 2. The molecule has 6 aromatic rings. The molecule has 0 saturated heterocycles. The highest BCUT2D eigenvalue weighted by atomic mass is 79.9. The number of aromatic nitrogens is 4. The van der Waals surface area contributed by atoms with Gasteiger partial charge in [0.25, 0.3) is 22.7 Å². The minimum atomic E-state index is -4.15. The highest BCUT2D eigenvalue weighted by Crippen LogP contribution is 2.27. The number of hydrogen-bond donors (Lipinski definition) is 0. The first-order valence-electron chi connectivity index (χ1n) is 15.5. The molecule has 19 nitrogen and oxygen atoms in total. The molecule has 4 heterocycles. The number of halogens is 2. The molecule has 0 saturated carbocycles. The lowest BCUT2D eigenvalue weighted by Crippen LogP contribution is -3.00. The maximum atomic E-state index is 11.2. The SMILES string of the molecule is CCP(=O)([O-])[O-].O=[N+]([O-])c1ccc(-[n+]2ccc(-c3cc[nH+]cc3)cc2)c([N+](=O)[O-])c1.O=[N+]([O-])c1ccc(-[n+]2ccc(-c3cc[nH+]cc3)cc2)c([N+](=O)[O-])c1.[Br-].[Cl-]. The van der Waals surface area contributed by atoms with Gasteiger partial charge in [0.05, 0.1) is 19.7 Å². The first-order chi connectivity index (χ1) is 25.7. The number of nitrogens with zero attached hydrogens (tertiary/aromatic N) is 6. The zero-order valence-electron chi connectivity index (χ0n) is 28.8. The van der Waals surface area contributed by atoms with Crippen molar-refractivity contribution in [1.29, 1.82) is 0 Å². The second-order valence-electron chi connectivity index (χ2n) is 10.9. The van der Waals surface area contributed by atoms with Crippen LogP contribution < -0.4 is 58.3 Å². The summed E-state index contributed by atoms with van der Waals surface area (Å²) in [5, 5.41) is 44.0. The fourth-order valence-corrected chi connectivity index (χ4v) is 4.70. The van der Waals surface area contributed by atoms with Gasteiger partial charge in [-0.15, -0.1) is 0 Å². The maximum Gasteiger partial charge on any atom is 0.347 e. The minimum Gasteiger partial charge on any atom is -1.00 e. The van der Waals surface area contributed by atoms with E-state index in [1.165, 1.54) is 31.2 Å². The Labute approximate surface area is 333 Å². The fourth-order valence-electron chi connectivity index (χ4n) is 4.70. The topological polar surface area (TPSA) is 272 Å². The summed E-state index contributed by atoms with van der Waals surface area (Å²) in [6.45, 7) is 1.32. The molecular formula is C34H29BrClN8O11P. The molecule has 0 radical (unpaired) electrons. The van der Waals surface area contributed by atoms with E-state index in [4.69, 9.17) is 0 Å². The first kappa shape index (κ1) is 45.7. The minimum absolute atomic E-state index is 0. The van der Waals surface area contributed by atoms with Gasteiger partial charge < -0.3 is 43.7 Å². The van der Waals surface area contributed by atoms with Gasteiger partial charge in [-0.3, -0.25) is 40.5 Å². The predicted octanol–water partition coefficient (Wildman–Crippen LogP) is -2.55. The quantitative estimate of drug-likeness (QED) is 0.0632. The van der Waals surface area contributed by atoms with Crippen LogP contribution in [0.4, 0.5) is 22.7 Å². The molecule has 0 aliphatic carbocycles. The van der Waals surface area contributed by atoms with Crippen LogP contribution in [0.25, 0.3) is 33.6 Å². The van der Waals surface area contributed by atoms with E-state index in [0.29, 0.717) is 0 Å². The van der Waals surface area contributed by atoms with Crippen LogP contribution >= 0.6 is 7.60 Å². The van der Waals surface area contributed by atoms with Crippen molar-refractivity contribution in [3.63, 3.8) is 0 Å². The molecule has 2 N–H and O–H groups in total. The molecule has 22 heteroatoms. The van der Waals surface area contributed by atoms with Crippen molar-refractivity contribution in [2.75, 3.05) is 6.16 Å². The molecule has 0 aliphatic rings. The summed E-state index contributed by atoms with van der Waals surface area (Å²) in [5.74, 6) is 0. The summed E-state index contributed by atoms with van der Waals surface area (Å²) in [4.78, 5) is 66.3. The number of aromatic amines is 2. The molecule has 6 rings (SSSR count). The smallest absolute Gasteiger partial charge is 0.347 e. The van der Waals surface area contributed by atoms with E-state index in [0.717, 1.165) is 34.4 Å². The molecule has 56 heavy (non-hydrogen) atoms. The van der Waals surface area contributed by atoms with Crippen LogP contribution in [-0.2, 0) is 4.57 Å². The van der Waals surface area contributed by atoms with Crippen LogP contribution in [0.1, 0.15) is 6.92 Å². The van der Waals surface area contributed by atoms with E-state index in [2.05, 4.69) is 9.97 Å². The molecule has 0 aliphatic heterocycles. The number of nitro benzene ring substituents is 4. The Kier molecular flexibility index (Phi) is 17.0. The molecule has 0 amide bonds. The average Bonchev–Trinajstić information content (AvgIpc) is 3.18. The van der Waals surface area contributed by atoms with Gasteiger partial charge in [-0.2, -0.15) is 9.13 Å². The summed E-state index contributed by atoms with van der Waals surface area (Å²) >= 11 is 0. The normalized spacial score (nSPS) is 10.1. The Morgan fingerprint density at radius 3 is 1.07 bits per heavy atom. The standard InChI is InChI=1S/2C16H11N4O4.C2H7O3P.BrH.ClH/c2*21-19(22)14-1-2-15(16(11-14)20(23)24)18-9-5-13(6-10-18)12-3-7-17-8-4-12;1-2-6(3,4)5;;/h2*1-11H;2H2,1H3,(H2,3,4,5);2*1H/q2*+1;;;/p-2. The molecule has 0 bridgehead atoms. The Hall–Kier alpha value is -6.44. The summed E-state index contributed by atoms with van der Waals surface area (Å²) < 4.78 is 12.6. The van der Waals surface area contributed by atoms with Gasteiger partial charge in [0.2, 0.25) is 0 Å². The van der Waals surface area contributed by atoms with Crippen LogP contribution in [-0.4, -0.2) is 25.9 Å². The van der Waals surface area contributed by atoms with E-state index < -0.39 is 27.3 Å². The molecule has 0 atom stereocenters. The number of nitrogens with one attached hydrogen (secondary N) is 2. The highest BCUT2D eigenvalue weighted by molar-refractivity contribution is 7.48. The molecule has 0 spiro atoms. The van der Waals surface area contributed by atoms with Crippen molar-refractivity contribution in [2.45, 2.75) is 6.92 Å². The summed E-state index contributed by atoms with van der Waals surface area (Å²) in [6, 6.07) is 22.1. The third-order valence-electron chi connectivity index (χ3n) is 7.44. The van der Waals surface area contributed by atoms with Crippen molar-refractivity contribution in [2.24, 2.45) is 0 Å². The molecule has 0 unspecified atom stereocenters. The van der Waals surface area contributed by atoms with Crippen molar-refractivity contribution < 1.29 is 82.5 Å². The Balaban J connectivity index is 0.000000328. The van der Waals surface area contributed by atoms with Crippen LogP contribution in [0.2, 0.25) is 0 Å². The second-order valence-corrected chi connectivity index (χ2v) is 12.7. The number of non-ortho nitro benzene ring substituents is 2. The first-order valence-corrected chi connectivity index (χ1v) is 17.2. The highest BCUT2D eigenvalue weighted by Gasteiger charge is 2.27. The predicted molar refractivity (Wildman–Crippen MR) is 185 cm³/mol. The summed E-state index contributed by atoms with van der Waals surface area (Å²) in [5.41, 5.74) is 3.14. The molecular weight excluding hydrogens is 843 g/mol. The van der Waals surface area contributed by atoms with Gasteiger partial charge in [-0.1, -0.05) is 14.5 Å². The average molecular weight is 872 g/mol. The van der Waals surface area contributed by atoms with Crippen LogP contribution in [0.15, 0.2) is 135 Å². The second kappa shape index (κ2) is 20.9. The molecule has 4 aromatic heterocycles. The van der Waals surface area contributed by atoms with Crippen molar-refractivity contribution in [1.82, 2.24) is 0 Å². The van der Waals surface area contributed by atoms with Crippen LogP contribution in [0.3, 0.4) is 0 Å². The summed E-state index contributed by atoms with van der Waals surface area (Å²) in [7, 11) is -4.15. The number of rotatable bonds is 9. The van der Waals surface area contributed by atoms with Crippen molar-refractivity contribution in [3.8, 4) is 33.6 Å².